The first kappa shape index (κ1) is 29.9. The van der Waals surface area contributed by atoms with E-state index in [9.17, 15) is 4.79 Å². The van der Waals surface area contributed by atoms with Crippen LogP contribution in [0.2, 0.25) is 18.4 Å². The number of carbonyl (C=O) groups excluding carboxylic acids is 1. The SMILES string of the molecule is CCCCC[CH2][In][CH2]C1CCN(CC[C@H](CN(C)C(=O)c2ccccc2)c2ccc(Cl)c(Cl)c2)CC1. The van der Waals surface area contributed by atoms with Gasteiger partial charge in [-0.1, -0.05) is 29.8 Å². The van der Waals surface area contributed by atoms with Gasteiger partial charge in [0.2, 0.25) is 0 Å². The van der Waals surface area contributed by atoms with Gasteiger partial charge in [0.1, 0.15) is 0 Å². The van der Waals surface area contributed by atoms with Crippen molar-refractivity contribution in [2.24, 2.45) is 5.92 Å². The maximum absolute atomic E-state index is 13.0. The summed E-state index contributed by atoms with van der Waals surface area (Å²) in [7, 11) is 1.90. The van der Waals surface area contributed by atoms with Crippen LogP contribution >= 0.6 is 23.2 Å². The molecule has 3 rings (SSSR count). The molecule has 0 bridgehead atoms. The molecule has 1 radical (unpaired) electrons. The van der Waals surface area contributed by atoms with Gasteiger partial charge in [-0.25, -0.2) is 0 Å². The van der Waals surface area contributed by atoms with Crippen LogP contribution in [0.4, 0.5) is 0 Å². The predicted octanol–water partition coefficient (Wildman–Crippen LogP) is 8.07. The zero-order chi connectivity index (χ0) is 25.8. The van der Waals surface area contributed by atoms with Crippen molar-refractivity contribution in [3.05, 3.63) is 69.7 Å². The summed E-state index contributed by atoms with van der Waals surface area (Å²) >= 11 is 12.2. The molecule has 0 saturated carbocycles. The summed E-state index contributed by atoms with van der Waals surface area (Å²) in [4.78, 5) is 17.5. The van der Waals surface area contributed by atoms with Crippen LogP contribution in [0.3, 0.4) is 0 Å². The van der Waals surface area contributed by atoms with Gasteiger partial charge in [0.05, 0.1) is 0 Å². The van der Waals surface area contributed by atoms with E-state index in [0.717, 1.165) is 30.0 Å². The Morgan fingerprint density at radius 2 is 1.81 bits per heavy atom. The number of rotatable bonds is 14. The molecule has 2 aromatic rings. The molecular weight excluding hydrogens is 590 g/mol. The Hall–Kier alpha value is -0.680. The van der Waals surface area contributed by atoms with Crippen LogP contribution in [0.5, 0.6) is 0 Å². The van der Waals surface area contributed by atoms with Crippen molar-refractivity contribution in [1.82, 2.24) is 9.80 Å². The molecule has 0 aliphatic carbocycles. The summed E-state index contributed by atoms with van der Waals surface area (Å²) in [5, 5.41) is 1.16. The van der Waals surface area contributed by atoms with Gasteiger partial charge >= 0.3 is 200 Å². The number of likely N-dealkylation sites (tertiary alicyclic amines) is 1. The van der Waals surface area contributed by atoms with Crippen molar-refractivity contribution in [1.29, 1.82) is 0 Å². The molecule has 1 aliphatic rings. The van der Waals surface area contributed by atoms with E-state index in [0.29, 0.717) is 16.6 Å². The van der Waals surface area contributed by atoms with Gasteiger partial charge in [-0.2, -0.15) is 0 Å². The maximum atomic E-state index is 13.0. The second-order valence-electron chi connectivity index (χ2n) is 10.4. The first-order valence-corrected chi connectivity index (χ1v) is 19.2. The van der Waals surface area contributed by atoms with Gasteiger partial charge in [0, 0.05) is 0 Å². The normalized spacial score (nSPS) is 15.6. The summed E-state index contributed by atoms with van der Waals surface area (Å²) in [5.74, 6) is 1.25. The quantitative estimate of drug-likeness (QED) is 0.197. The molecular formula is C30H42Cl2InN2O. The fourth-order valence-corrected chi connectivity index (χ4v) is 10.5. The molecule has 0 aromatic heterocycles. The second-order valence-corrected chi connectivity index (χ2v) is 15.8. The molecule has 0 N–H and O–H groups in total. The Labute approximate surface area is 240 Å². The average molecular weight is 632 g/mol. The number of nitrogens with zero attached hydrogens (tertiary/aromatic N) is 2. The molecule has 0 unspecified atom stereocenters. The zero-order valence-electron chi connectivity index (χ0n) is 22.1. The van der Waals surface area contributed by atoms with Crippen LogP contribution in [0.15, 0.2) is 48.5 Å². The fourth-order valence-electron chi connectivity index (χ4n) is 5.20. The van der Waals surface area contributed by atoms with E-state index in [1.54, 1.807) is 8.35 Å². The van der Waals surface area contributed by atoms with E-state index in [1.165, 1.54) is 51.6 Å². The topological polar surface area (TPSA) is 23.6 Å². The summed E-state index contributed by atoms with van der Waals surface area (Å²) in [6.07, 6.45) is 9.44. The Bertz CT molecular complexity index is 918. The molecule has 1 amide bonds. The van der Waals surface area contributed by atoms with Crippen LogP contribution in [-0.4, -0.2) is 71.8 Å². The molecule has 1 fully saturated rings. The Morgan fingerprint density at radius 1 is 1.06 bits per heavy atom. The van der Waals surface area contributed by atoms with Crippen LogP contribution in [-0.2, 0) is 0 Å². The van der Waals surface area contributed by atoms with Crippen LogP contribution in [0.1, 0.15) is 73.7 Å². The van der Waals surface area contributed by atoms with Gasteiger partial charge in [-0.05, 0) is 12.1 Å². The van der Waals surface area contributed by atoms with Crippen LogP contribution in [0.25, 0.3) is 0 Å². The third-order valence-electron chi connectivity index (χ3n) is 7.54. The molecule has 6 heteroatoms. The average Bonchev–Trinajstić information content (AvgIpc) is 2.90. The van der Waals surface area contributed by atoms with Gasteiger partial charge in [0.25, 0.3) is 0 Å². The molecule has 1 atom stereocenters. The van der Waals surface area contributed by atoms with Gasteiger partial charge < -0.3 is 0 Å². The molecule has 195 valence electrons. The number of likely N-dealkylation sites (N-methyl/N-ethyl adjacent to an activating group) is 1. The number of amides is 1. The molecule has 3 nitrogen and oxygen atoms in total. The minimum absolute atomic E-state index is 0.0573. The molecule has 1 saturated heterocycles. The Morgan fingerprint density at radius 3 is 2.50 bits per heavy atom. The van der Waals surface area contributed by atoms with E-state index in [4.69, 9.17) is 23.2 Å². The van der Waals surface area contributed by atoms with Crippen molar-refractivity contribution < 1.29 is 4.79 Å². The second kappa shape index (κ2) is 16.3. The van der Waals surface area contributed by atoms with E-state index in [1.807, 2.05) is 54.4 Å². The number of hydrogen-bond acceptors (Lipinski definition) is 2. The monoisotopic (exact) mass is 631 g/mol. The van der Waals surface area contributed by atoms with Crippen molar-refractivity contribution in [2.45, 2.75) is 66.1 Å². The van der Waals surface area contributed by atoms with Gasteiger partial charge in [-0.15, -0.1) is 0 Å². The molecule has 0 spiro atoms. The predicted molar refractivity (Wildman–Crippen MR) is 156 cm³/mol. The number of carbonyl (C=O) groups is 1. The summed E-state index contributed by atoms with van der Waals surface area (Å²) in [6.45, 7) is 6.45. The zero-order valence-corrected chi connectivity index (χ0v) is 26.9. The van der Waals surface area contributed by atoms with E-state index < -0.39 is 0 Å². The minimum atomic E-state index is -0.333. The van der Waals surface area contributed by atoms with Gasteiger partial charge in [0.15, 0.2) is 0 Å². The standard InChI is InChI=1S/C24H29Cl2N2O.C6H13.In/c1-18-10-13-28(14-11-18)15-12-21(20-8-9-22(25)23(26)16-20)17-27(2)24(29)19-6-4-3-5-7-19;1-3-5-6-4-2;/h3-9,16,18,21H,1,10-15,17H2,2H3;1,3-6H2,2H3;/t21-;;/m1../s1. The number of halogens is 2. The molecule has 1 aliphatic heterocycles. The van der Waals surface area contributed by atoms with E-state index in [2.05, 4.69) is 17.9 Å². The number of piperidine rings is 1. The summed E-state index contributed by atoms with van der Waals surface area (Å²) in [5.41, 5.74) is 1.88. The van der Waals surface area contributed by atoms with Crippen molar-refractivity contribution in [2.75, 3.05) is 33.2 Å². The third-order valence-corrected chi connectivity index (χ3v) is 13.5. The molecule has 1 heterocycles. The Balaban J connectivity index is 1.51. The van der Waals surface area contributed by atoms with Crippen molar-refractivity contribution in [3.63, 3.8) is 0 Å². The Kier molecular flexibility index (Phi) is 13.5. The first-order valence-electron chi connectivity index (χ1n) is 13.8. The third kappa shape index (κ3) is 9.89. The van der Waals surface area contributed by atoms with Crippen molar-refractivity contribution in [3.8, 4) is 0 Å². The number of benzene rings is 2. The summed E-state index contributed by atoms with van der Waals surface area (Å²) < 4.78 is 3.18. The van der Waals surface area contributed by atoms with E-state index >= 15 is 0 Å². The first-order chi connectivity index (χ1) is 17.5. The van der Waals surface area contributed by atoms with Crippen molar-refractivity contribution >= 4 is 52.0 Å². The molecule has 36 heavy (non-hydrogen) atoms. The summed E-state index contributed by atoms with van der Waals surface area (Å²) in [6, 6.07) is 15.5. The fraction of sp³-hybridized carbons (Fsp3) is 0.567. The van der Waals surface area contributed by atoms with Crippen LogP contribution < -0.4 is 0 Å². The molecule has 2 aromatic carbocycles. The number of unbranched alkanes of at least 4 members (excludes halogenated alkanes) is 3. The van der Waals surface area contributed by atoms with Crippen LogP contribution in [0, 0.1) is 5.92 Å². The van der Waals surface area contributed by atoms with Gasteiger partial charge in [-0.3, -0.25) is 0 Å². The number of hydrogen-bond donors (Lipinski definition) is 0. The van der Waals surface area contributed by atoms with E-state index in [-0.39, 0.29) is 34.7 Å².